The Labute approximate surface area is 110 Å². The van der Waals surface area contributed by atoms with E-state index >= 15 is 0 Å². The molecule has 7 heteroatoms. The maximum Gasteiger partial charge on any atom is 0.367 e. The lowest BCUT2D eigenvalue weighted by Gasteiger charge is -2.09. The van der Waals surface area contributed by atoms with Crippen molar-refractivity contribution in [2.45, 2.75) is 6.92 Å². The van der Waals surface area contributed by atoms with Gasteiger partial charge in [-0.25, -0.2) is 9.78 Å². The van der Waals surface area contributed by atoms with Crippen molar-refractivity contribution in [3.05, 3.63) is 16.1 Å². The third-order valence-corrected chi connectivity index (χ3v) is 2.85. The second kappa shape index (κ2) is 7.07. The zero-order chi connectivity index (χ0) is 13.5. The summed E-state index contributed by atoms with van der Waals surface area (Å²) in [6.45, 7) is 3.31. The number of amides is 1. The standard InChI is InChI=1S/C11H17N3O3S/c1-4-17-11(16)10-13-8(7-18-10)9(15)12-5-6-14(2)3/h7H,4-6H2,1-3H3,(H,12,15). The predicted octanol–water partition coefficient (Wildman–Crippen LogP) is 0.611. The van der Waals surface area contributed by atoms with Crippen LogP contribution in [0.5, 0.6) is 0 Å². The molecule has 0 aliphatic carbocycles. The number of esters is 1. The van der Waals surface area contributed by atoms with Crippen molar-refractivity contribution in [2.75, 3.05) is 33.8 Å². The zero-order valence-electron chi connectivity index (χ0n) is 10.7. The highest BCUT2D eigenvalue weighted by atomic mass is 32.1. The van der Waals surface area contributed by atoms with Gasteiger partial charge in [-0.15, -0.1) is 11.3 Å². The normalized spacial score (nSPS) is 10.4. The fourth-order valence-corrected chi connectivity index (χ4v) is 1.84. The largest absolute Gasteiger partial charge is 0.461 e. The molecular formula is C11H17N3O3S. The Hall–Kier alpha value is -1.47. The van der Waals surface area contributed by atoms with Crippen molar-refractivity contribution >= 4 is 23.2 Å². The van der Waals surface area contributed by atoms with E-state index in [0.29, 0.717) is 13.2 Å². The van der Waals surface area contributed by atoms with E-state index in [9.17, 15) is 9.59 Å². The lowest BCUT2D eigenvalue weighted by atomic mass is 10.4. The van der Waals surface area contributed by atoms with Crippen LogP contribution in [0.1, 0.15) is 27.2 Å². The number of rotatable bonds is 6. The highest BCUT2D eigenvalue weighted by Crippen LogP contribution is 2.10. The van der Waals surface area contributed by atoms with Gasteiger partial charge in [0.15, 0.2) is 0 Å². The maximum atomic E-state index is 11.7. The molecule has 0 fully saturated rings. The molecule has 0 spiro atoms. The number of hydrogen-bond acceptors (Lipinski definition) is 6. The zero-order valence-corrected chi connectivity index (χ0v) is 11.5. The molecule has 0 saturated heterocycles. The van der Waals surface area contributed by atoms with Crippen molar-refractivity contribution in [2.24, 2.45) is 0 Å². The molecule has 0 bridgehead atoms. The van der Waals surface area contributed by atoms with Gasteiger partial charge in [-0.1, -0.05) is 0 Å². The first-order chi connectivity index (χ1) is 8.54. The quantitative estimate of drug-likeness (QED) is 0.768. The molecule has 18 heavy (non-hydrogen) atoms. The molecule has 0 aliphatic heterocycles. The summed E-state index contributed by atoms with van der Waals surface area (Å²) in [6.07, 6.45) is 0. The monoisotopic (exact) mass is 271 g/mol. The molecule has 6 nitrogen and oxygen atoms in total. The first-order valence-electron chi connectivity index (χ1n) is 5.60. The summed E-state index contributed by atoms with van der Waals surface area (Å²) in [5, 5.41) is 4.48. The molecule has 100 valence electrons. The van der Waals surface area contributed by atoms with Gasteiger partial charge in [0, 0.05) is 18.5 Å². The third-order valence-electron chi connectivity index (χ3n) is 2.03. The molecule has 0 unspecified atom stereocenters. The number of carbonyl (C=O) groups excluding carboxylic acids is 2. The molecule has 0 saturated carbocycles. The summed E-state index contributed by atoms with van der Waals surface area (Å²) in [6, 6.07) is 0. The Balaban J connectivity index is 2.51. The minimum absolute atomic E-state index is 0.203. The Bertz CT molecular complexity index is 417. The van der Waals surface area contributed by atoms with E-state index in [4.69, 9.17) is 4.74 Å². The van der Waals surface area contributed by atoms with Gasteiger partial charge < -0.3 is 15.0 Å². The van der Waals surface area contributed by atoms with Gasteiger partial charge in [0.25, 0.3) is 5.91 Å². The minimum atomic E-state index is -0.491. The van der Waals surface area contributed by atoms with Crippen LogP contribution in [-0.4, -0.2) is 55.6 Å². The fourth-order valence-electron chi connectivity index (χ4n) is 1.15. The number of carbonyl (C=O) groups is 2. The highest BCUT2D eigenvalue weighted by molar-refractivity contribution is 7.11. The van der Waals surface area contributed by atoms with Gasteiger partial charge >= 0.3 is 5.97 Å². The topological polar surface area (TPSA) is 71.5 Å². The highest BCUT2D eigenvalue weighted by Gasteiger charge is 2.15. The molecule has 1 heterocycles. The summed E-state index contributed by atoms with van der Waals surface area (Å²) in [7, 11) is 3.85. The third kappa shape index (κ3) is 4.42. The lowest BCUT2D eigenvalue weighted by molar-refractivity contribution is 0.0526. The van der Waals surface area contributed by atoms with Gasteiger partial charge in [-0.2, -0.15) is 0 Å². The second-order valence-electron chi connectivity index (χ2n) is 3.82. The summed E-state index contributed by atoms with van der Waals surface area (Å²) >= 11 is 1.11. The van der Waals surface area contributed by atoms with E-state index in [1.807, 2.05) is 19.0 Å². The van der Waals surface area contributed by atoms with Crippen LogP contribution in [0.15, 0.2) is 5.38 Å². The molecule has 0 atom stereocenters. The first-order valence-corrected chi connectivity index (χ1v) is 6.48. The van der Waals surface area contributed by atoms with Crippen molar-refractivity contribution < 1.29 is 14.3 Å². The van der Waals surface area contributed by atoms with Crippen molar-refractivity contribution in [1.29, 1.82) is 0 Å². The smallest absolute Gasteiger partial charge is 0.367 e. The van der Waals surface area contributed by atoms with Crippen LogP contribution in [0.3, 0.4) is 0 Å². The van der Waals surface area contributed by atoms with Crippen molar-refractivity contribution in [3.63, 3.8) is 0 Å². The van der Waals surface area contributed by atoms with Crippen LogP contribution in [0, 0.1) is 0 Å². The number of likely N-dealkylation sites (N-methyl/N-ethyl adjacent to an activating group) is 1. The van der Waals surface area contributed by atoms with E-state index in [-0.39, 0.29) is 16.6 Å². The minimum Gasteiger partial charge on any atom is -0.461 e. The number of hydrogen-bond donors (Lipinski definition) is 1. The van der Waals surface area contributed by atoms with E-state index in [1.165, 1.54) is 0 Å². The average molecular weight is 271 g/mol. The number of nitrogens with zero attached hydrogens (tertiary/aromatic N) is 2. The fraction of sp³-hybridized carbons (Fsp3) is 0.545. The SMILES string of the molecule is CCOC(=O)c1nc(C(=O)NCCN(C)C)cs1. The Morgan fingerprint density at radius 2 is 2.22 bits per heavy atom. The van der Waals surface area contributed by atoms with E-state index in [0.717, 1.165) is 17.9 Å². The van der Waals surface area contributed by atoms with Gasteiger partial charge in [0.1, 0.15) is 5.69 Å². The summed E-state index contributed by atoms with van der Waals surface area (Å²) in [5.74, 6) is -0.765. The molecule has 1 rings (SSSR count). The van der Waals surface area contributed by atoms with Crippen LogP contribution in [-0.2, 0) is 4.74 Å². The lowest BCUT2D eigenvalue weighted by Crippen LogP contribution is -2.31. The molecule has 0 aromatic carbocycles. The Morgan fingerprint density at radius 1 is 1.50 bits per heavy atom. The Kier molecular flexibility index (Phi) is 5.73. The molecule has 1 amide bonds. The van der Waals surface area contributed by atoms with E-state index in [1.54, 1.807) is 12.3 Å². The molecule has 0 radical (unpaired) electrons. The number of aromatic nitrogens is 1. The van der Waals surface area contributed by atoms with Crippen LogP contribution in [0.2, 0.25) is 0 Å². The molecular weight excluding hydrogens is 254 g/mol. The second-order valence-corrected chi connectivity index (χ2v) is 4.68. The van der Waals surface area contributed by atoms with Crippen LogP contribution < -0.4 is 5.32 Å². The predicted molar refractivity (Wildman–Crippen MR) is 69.0 cm³/mol. The molecule has 0 aliphatic rings. The molecule has 1 N–H and O–H groups in total. The van der Waals surface area contributed by atoms with E-state index in [2.05, 4.69) is 10.3 Å². The van der Waals surface area contributed by atoms with Crippen molar-refractivity contribution in [1.82, 2.24) is 15.2 Å². The Morgan fingerprint density at radius 3 is 2.83 bits per heavy atom. The average Bonchev–Trinajstić information content (AvgIpc) is 2.78. The summed E-state index contributed by atoms with van der Waals surface area (Å²) < 4.78 is 4.80. The van der Waals surface area contributed by atoms with Crippen LogP contribution in [0.25, 0.3) is 0 Å². The maximum absolute atomic E-state index is 11.7. The molecule has 1 aromatic rings. The van der Waals surface area contributed by atoms with Crippen LogP contribution in [0.4, 0.5) is 0 Å². The van der Waals surface area contributed by atoms with Crippen LogP contribution >= 0.6 is 11.3 Å². The summed E-state index contributed by atoms with van der Waals surface area (Å²) in [5.41, 5.74) is 0.252. The van der Waals surface area contributed by atoms with Crippen molar-refractivity contribution in [3.8, 4) is 0 Å². The van der Waals surface area contributed by atoms with Gasteiger partial charge in [0.05, 0.1) is 6.61 Å². The van der Waals surface area contributed by atoms with Gasteiger partial charge in [0.2, 0.25) is 5.01 Å². The molecule has 1 aromatic heterocycles. The van der Waals surface area contributed by atoms with E-state index < -0.39 is 5.97 Å². The number of nitrogens with one attached hydrogen (secondary N) is 1. The van der Waals surface area contributed by atoms with Gasteiger partial charge in [-0.3, -0.25) is 4.79 Å². The number of thiazole rings is 1. The summed E-state index contributed by atoms with van der Waals surface area (Å²) in [4.78, 5) is 29.0. The van der Waals surface area contributed by atoms with Gasteiger partial charge in [-0.05, 0) is 21.0 Å². The first kappa shape index (κ1) is 14.6. The number of ether oxygens (including phenoxy) is 1.